The van der Waals surface area contributed by atoms with Crippen LogP contribution < -0.4 is 0 Å². The van der Waals surface area contributed by atoms with Crippen LogP contribution >= 0.6 is 0 Å². The van der Waals surface area contributed by atoms with Crippen molar-refractivity contribution < 1.29 is 38.7 Å². The van der Waals surface area contributed by atoms with Crippen molar-refractivity contribution in [2.24, 2.45) is 11.8 Å². The van der Waals surface area contributed by atoms with Crippen molar-refractivity contribution in [2.45, 2.75) is 68.4 Å². The Bertz CT molecular complexity index is 828. The van der Waals surface area contributed by atoms with Gasteiger partial charge in [0.15, 0.2) is 0 Å². The van der Waals surface area contributed by atoms with Gasteiger partial charge in [-0.2, -0.15) is 0 Å². The predicted octanol–water partition coefficient (Wildman–Crippen LogP) is 0.0142. The molecule has 152 valence electrons. The van der Waals surface area contributed by atoms with Gasteiger partial charge >= 0.3 is 11.9 Å². The Labute approximate surface area is 162 Å². The van der Waals surface area contributed by atoms with Crippen molar-refractivity contribution in [1.82, 2.24) is 0 Å². The zero-order valence-corrected chi connectivity index (χ0v) is 16.0. The van der Waals surface area contributed by atoms with Crippen LogP contribution in [0.25, 0.3) is 0 Å². The molecule has 0 aromatic heterocycles. The summed E-state index contributed by atoms with van der Waals surface area (Å²) in [5.41, 5.74) is -3.03. The largest absolute Gasteiger partial charge is 0.458 e. The molecule has 28 heavy (non-hydrogen) atoms. The smallest absolute Gasteiger partial charge is 0.334 e. The SMILES string of the molecule is C=C1C(=O)OC2[C@H]1[C@H](OC(=O)/C(C)=C\C)C[C@@]1(CO1)[C@@H]1[C@H](O)[C@H]3O[C@@]3(C)[C@]21O. The number of carbonyl (C=O) groups is 2. The van der Waals surface area contributed by atoms with Gasteiger partial charge in [-0.25, -0.2) is 9.59 Å². The van der Waals surface area contributed by atoms with E-state index in [0.717, 1.165) is 0 Å². The minimum atomic E-state index is -1.68. The van der Waals surface area contributed by atoms with Gasteiger partial charge < -0.3 is 29.2 Å². The first-order valence-electron chi connectivity index (χ1n) is 9.56. The zero-order valence-electron chi connectivity index (χ0n) is 16.0. The van der Waals surface area contributed by atoms with E-state index in [9.17, 15) is 19.8 Å². The maximum atomic E-state index is 12.5. The first-order chi connectivity index (χ1) is 13.1. The minimum absolute atomic E-state index is 0.146. The lowest BCUT2D eigenvalue weighted by Gasteiger charge is -2.41. The monoisotopic (exact) mass is 392 g/mol. The Kier molecular flexibility index (Phi) is 3.43. The Balaban J connectivity index is 1.61. The lowest BCUT2D eigenvalue weighted by atomic mass is 9.71. The average Bonchev–Trinajstić information content (AvgIpc) is 3.53. The number of carbonyl (C=O) groups excluding carboxylic acids is 2. The van der Waals surface area contributed by atoms with E-state index in [1.807, 2.05) is 0 Å². The Morgan fingerprint density at radius 1 is 1.39 bits per heavy atom. The summed E-state index contributed by atoms with van der Waals surface area (Å²) in [6.45, 7) is 9.24. The molecule has 3 saturated heterocycles. The highest BCUT2D eigenvalue weighted by Crippen LogP contribution is 2.69. The highest BCUT2D eigenvalue weighted by Gasteiger charge is 2.88. The van der Waals surface area contributed by atoms with Crippen molar-refractivity contribution in [3.05, 3.63) is 23.8 Å². The summed E-state index contributed by atoms with van der Waals surface area (Å²) in [4.78, 5) is 24.8. The third-order valence-electron chi connectivity index (χ3n) is 7.48. The molecule has 9 atom stereocenters. The highest BCUT2D eigenvalue weighted by molar-refractivity contribution is 5.92. The van der Waals surface area contributed by atoms with E-state index in [4.69, 9.17) is 18.9 Å². The van der Waals surface area contributed by atoms with Gasteiger partial charge in [0.1, 0.15) is 35.1 Å². The second-order valence-corrected chi connectivity index (χ2v) is 8.79. The molecule has 0 aromatic carbocycles. The van der Waals surface area contributed by atoms with Crippen LogP contribution in [-0.2, 0) is 28.5 Å². The van der Waals surface area contributed by atoms with Gasteiger partial charge in [0.25, 0.3) is 0 Å². The van der Waals surface area contributed by atoms with Gasteiger partial charge in [-0.15, -0.1) is 0 Å². The molecular weight excluding hydrogens is 368 g/mol. The molecule has 2 N–H and O–H groups in total. The van der Waals surface area contributed by atoms with E-state index in [-0.39, 0.29) is 12.0 Å². The summed E-state index contributed by atoms with van der Waals surface area (Å²) in [5, 5.41) is 22.8. The van der Waals surface area contributed by atoms with Gasteiger partial charge in [-0.3, -0.25) is 0 Å². The number of esters is 2. The molecular formula is C20H24O8. The van der Waals surface area contributed by atoms with Crippen molar-refractivity contribution in [1.29, 1.82) is 0 Å². The number of allylic oxidation sites excluding steroid dienone is 1. The third-order valence-corrected chi connectivity index (χ3v) is 7.48. The number of rotatable bonds is 2. The molecule has 0 radical (unpaired) electrons. The average molecular weight is 392 g/mol. The summed E-state index contributed by atoms with van der Waals surface area (Å²) >= 11 is 0. The maximum absolute atomic E-state index is 12.5. The summed E-state index contributed by atoms with van der Waals surface area (Å²) in [5.74, 6) is -2.62. The Hall–Kier alpha value is -1.74. The normalized spacial score (nSPS) is 53.8. The molecule has 3 aliphatic heterocycles. The van der Waals surface area contributed by atoms with Crippen molar-refractivity contribution >= 4 is 11.9 Å². The van der Waals surface area contributed by atoms with E-state index >= 15 is 0 Å². The van der Waals surface area contributed by atoms with Gasteiger partial charge in [0.05, 0.1) is 24.5 Å². The fourth-order valence-electron chi connectivity index (χ4n) is 5.68. The first-order valence-corrected chi connectivity index (χ1v) is 9.56. The number of ether oxygens (including phenoxy) is 4. The number of hydrogen-bond acceptors (Lipinski definition) is 8. The van der Waals surface area contributed by atoms with Crippen LogP contribution in [0.1, 0.15) is 27.2 Å². The maximum Gasteiger partial charge on any atom is 0.334 e. The predicted molar refractivity (Wildman–Crippen MR) is 92.8 cm³/mol. The molecule has 0 bridgehead atoms. The first kappa shape index (κ1) is 18.3. The van der Waals surface area contributed by atoms with Gasteiger partial charge in [-0.1, -0.05) is 12.7 Å². The standard InChI is InChI=1S/C20H24O8/c1-5-8(2)16(22)26-10-6-19(7-25-19)13-12(21)15-18(4,28-15)20(13,24)14-11(10)9(3)17(23)27-14/h5,10-15,21,24H,3,6-7H2,1-2,4H3/b8-5-/t10-,11-,12+,13+,14?,15-,18-,19-,20-/m1/s1. The van der Waals surface area contributed by atoms with Crippen LogP contribution in [0, 0.1) is 11.8 Å². The number of aliphatic hydroxyl groups is 2. The molecule has 0 aromatic rings. The fraction of sp³-hybridized carbons (Fsp3) is 0.700. The molecule has 1 spiro atoms. The molecule has 3 heterocycles. The molecule has 5 aliphatic rings. The molecule has 8 heteroatoms. The van der Waals surface area contributed by atoms with E-state index in [1.54, 1.807) is 26.8 Å². The lowest BCUT2D eigenvalue weighted by Crippen LogP contribution is -2.61. The van der Waals surface area contributed by atoms with Gasteiger partial charge in [-0.05, 0) is 20.8 Å². The third kappa shape index (κ3) is 1.94. The van der Waals surface area contributed by atoms with Crippen LogP contribution in [0.2, 0.25) is 0 Å². The van der Waals surface area contributed by atoms with E-state index in [2.05, 4.69) is 6.58 Å². The number of fused-ring (bicyclic) bond motifs is 6. The molecule has 5 fully saturated rings. The van der Waals surface area contributed by atoms with E-state index < -0.39 is 65.0 Å². The molecule has 2 aliphatic carbocycles. The Morgan fingerprint density at radius 3 is 2.68 bits per heavy atom. The molecule has 8 nitrogen and oxygen atoms in total. The zero-order chi connectivity index (χ0) is 20.2. The van der Waals surface area contributed by atoms with Crippen LogP contribution in [0.15, 0.2) is 23.8 Å². The lowest BCUT2D eigenvalue weighted by molar-refractivity contribution is -0.196. The van der Waals surface area contributed by atoms with Gasteiger partial charge in [0, 0.05) is 17.6 Å². The van der Waals surface area contributed by atoms with Crippen molar-refractivity contribution in [2.75, 3.05) is 6.61 Å². The summed E-state index contributed by atoms with van der Waals surface area (Å²) in [6.07, 6.45) is -1.48. The van der Waals surface area contributed by atoms with Crippen LogP contribution in [0.3, 0.4) is 0 Å². The van der Waals surface area contributed by atoms with E-state index in [1.165, 1.54) is 0 Å². The second kappa shape index (κ2) is 5.24. The van der Waals surface area contributed by atoms with Gasteiger partial charge in [0.2, 0.25) is 0 Å². The van der Waals surface area contributed by atoms with E-state index in [0.29, 0.717) is 12.2 Å². The number of epoxide rings is 2. The van der Waals surface area contributed by atoms with Crippen molar-refractivity contribution in [3.63, 3.8) is 0 Å². The quantitative estimate of drug-likeness (QED) is 0.383. The van der Waals surface area contributed by atoms with Crippen LogP contribution in [-0.4, -0.2) is 70.0 Å². The number of hydrogen-bond donors (Lipinski definition) is 2. The molecule has 1 unspecified atom stereocenters. The van der Waals surface area contributed by atoms with Crippen LogP contribution in [0.4, 0.5) is 0 Å². The Morgan fingerprint density at radius 2 is 2.07 bits per heavy atom. The minimum Gasteiger partial charge on any atom is -0.458 e. The van der Waals surface area contributed by atoms with Crippen LogP contribution in [0.5, 0.6) is 0 Å². The highest BCUT2D eigenvalue weighted by atomic mass is 16.7. The molecule has 5 rings (SSSR count). The molecule has 0 amide bonds. The summed E-state index contributed by atoms with van der Waals surface area (Å²) in [6, 6.07) is 0. The number of aliphatic hydroxyl groups excluding tert-OH is 1. The topological polar surface area (TPSA) is 118 Å². The summed E-state index contributed by atoms with van der Waals surface area (Å²) in [7, 11) is 0. The fourth-order valence-corrected chi connectivity index (χ4v) is 5.68. The summed E-state index contributed by atoms with van der Waals surface area (Å²) < 4.78 is 22.7. The molecule has 2 saturated carbocycles. The second-order valence-electron chi connectivity index (χ2n) is 8.79. The van der Waals surface area contributed by atoms with Crippen molar-refractivity contribution in [3.8, 4) is 0 Å².